The highest BCUT2D eigenvalue weighted by atomic mass is 16.2. The van der Waals surface area contributed by atoms with Crippen LogP contribution in [0.3, 0.4) is 0 Å². The number of carbonyl (C=O) groups is 1. The minimum absolute atomic E-state index is 0.167. The zero-order valence-electron chi connectivity index (χ0n) is 12.0. The zero-order chi connectivity index (χ0) is 13.1. The molecule has 1 aliphatic heterocycles. The summed E-state index contributed by atoms with van der Waals surface area (Å²) >= 11 is 0. The summed E-state index contributed by atoms with van der Waals surface area (Å²) in [5.41, 5.74) is -0.292. The van der Waals surface area contributed by atoms with Gasteiger partial charge in [-0.1, -0.05) is 34.6 Å². The van der Waals surface area contributed by atoms with E-state index in [-0.39, 0.29) is 11.3 Å². The van der Waals surface area contributed by atoms with Gasteiger partial charge in [-0.3, -0.25) is 4.79 Å². The molecule has 0 aromatic heterocycles. The average molecular weight is 240 g/mol. The maximum atomic E-state index is 12.0. The third-order valence-corrected chi connectivity index (χ3v) is 3.40. The van der Waals surface area contributed by atoms with E-state index in [1.807, 2.05) is 20.8 Å². The average Bonchev–Trinajstić information content (AvgIpc) is 2.18. The van der Waals surface area contributed by atoms with Gasteiger partial charge in [0.15, 0.2) is 0 Å². The molecule has 2 N–H and O–H groups in total. The van der Waals surface area contributed by atoms with Crippen molar-refractivity contribution in [3.8, 4) is 0 Å². The van der Waals surface area contributed by atoms with Crippen LogP contribution >= 0.6 is 0 Å². The Morgan fingerprint density at radius 1 is 1.41 bits per heavy atom. The van der Waals surface area contributed by atoms with Gasteiger partial charge in [0, 0.05) is 18.0 Å². The Hall–Kier alpha value is -0.570. The number of hydrogen-bond acceptors (Lipinski definition) is 2. The summed E-state index contributed by atoms with van der Waals surface area (Å²) in [6, 6.07) is 0.304. The molecule has 0 aromatic carbocycles. The Morgan fingerprint density at radius 2 is 2.06 bits per heavy atom. The van der Waals surface area contributed by atoms with Gasteiger partial charge >= 0.3 is 0 Å². The summed E-state index contributed by atoms with van der Waals surface area (Å²) in [7, 11) is 0. The molecule has 1 fully saturated rings. The van der Waals surface area contributed by atoms with Gasteiger partial charge in [0.25, 0.3) is 0 Å². The lowest BCUT2D eigenvalue weighted by Crippen LogP contribution is -2.53. The molecule has 17 heavy (non-hydrogen) atoms. The molecule has 1 saturated heterocycles. The first-order valence-corrected chi connectivity index (χ1v) is 6.82. The van der Waals surface area contributed by atoms with E-state index >= 15 is 0 Å². The molecule has 1 heterocycles. The van der Waals surface area contributed by atoms with E-state index in [0.717, 1.165) is 13.1 Å². The summed E-state index contributed by atoms with van der Waals surface area (Å²) < 4.78 is 0. The standard InChI is InChI=1S/C14H28N2O/c1-10(2)8-11-6-7-15-9-12(11)16-13(17)14(3,4)5/h10-12,15H,6-9H2,1-5H3,(H,16,17). The number of rotatable bonds is 3. The molecule has 100 valence electrons. The van der Waals surface area contributed by atoms with Crippen molar-refractivity contribution in [3.05, 3.63) is 0 Å². The van der Waals surface area contributed by atoms with Crippen LogP contribution in [0.25, 0.3) is 0 Å². The van der Waals surface area contributed by atoms with Crippen LogP contribution in [0.5, 0.6) is 0 Å². The Balaban J connectivity index is 2.56. The van der Waals surface area contributed by atoms with Crippen molar-refractivity contribution >= 4 is 5.91 Å². The first-order chi connectivity index (χ1) is 7.80. The van der Waals surface area contributed by atoms with Crippen molar-refractivity contribution in [2.45, 2.75) is 53.5 Å². The molecule has 1 rings (SSSR count). The van der Waals surface area contributed by atoms with Gasteiger partial charge in [-0.05, 0) is 31.2 Å². The number of hydrogen-bond donors (Lipinski definition) is 2. The smallest absolute Gasteiger partial charge is 0.225 e. The van der Waals surface area contributed by atoms with Gasteiger partial charge < -0.3 is 10.6 Å². The van der Waals surface area contributed by atoms with Crippen LogP contribution in [0.15, 0.2) is 0 Å². The highest BCUT2D eigenvalue weighted by Crippen LogP contribution is 2.23. The Kier molecular flexibility index (Phi) is 4.99. The molecule has 2 atom stereocenters. The van der Waals surface area contributed by atoms with Crippen LogP contribution in [-0.4, -0.2) is 25.0 Å². The molecule has 3 heteroatoms. The lowest BCUT2D eigenvalue weighted by molar-refractivity contribution is -0.129. The molecular formula is C14H28N2O. The highest BCUT2D eigenvalue weighted by molar-refractivity contribution is 5.81. The maximum absolute atomic E-state index is 12.0. The number of nitrogens with one attached hydrogen (secondary N) is 2. The third-order valence-electron chi connectivity index (χ3n) is 3.40. The Bertz CT molecular complexity index is 255. The van der Waals surface area contributed by atoms with E-state index < -0.39 is 0 Å². The van der Waals surface area contributed by atoms with Crippen LogP contribution in [-0.2, 0) is 4.79 Å². The molecule has 2 unspecified atom stereocenters. The number of amides is 1. The lowest BCUT2D eigenvalue weighted by atomic mass is 9.84. The largest absolute Gasteiger partial charge is 0.351 e. The van der Waals surface area contributed by atoms with Gasteiger partial charge in [-0.2, -0.15) is 0 Å². The number of carbonyl (C=O) groups excluding carboxylic acids is 1. The Morgan fingerprint density at radius 3 is 2.59 bits per heavy atom. The van der Waals surface area contributed by atoms with Crippen molar-refractivity contribution in [2.24, 2.45) is 17.3 Å². The maximum Gasteiger partial charge on any atom is 0.225 e. The zero-order valence-corrected chi connectivity index (χ0v) is 12.0. The fraction of sp³-hybridized carbons (Fsp3) is 0.929. The minimum atomic E-state index is -0.292. The first-order valence-electron chi connectivity index (χ1n) is 6.82. The summed E-state index contributed by atoms with van der Waals surface area (Å²) in [6.07, 6.45) is 2.38. The van der Waals surface area contributed by atoms with Crippen LogP contribution < -0.4 is 10.6 Å². The monoisotopic (exact) mass is 240 g/mol. The molecule has 0 spiro atoms. The fourth-order valence-corrected chi connectivity index (χ4v) is 2.35. The van der Waals surface area contributed by atoms with Crippen LogP contribution in [0, 0.1) is 17.3 Å². The second-order valence-corrected chi connectivity index (χ2v) is 6.71. The topological polar surface area (TPSA) is 41.1 Å². The van der Waals surface area contributed by atoms with E-state index in [1.54, 1.807) is 0 Å². The van der Waals surface area contributed by atoms with Gasteiger partial charge in [0.05, 0.1) is 0 Å². The SMILES string of the molecule is CC(C)CC1CCNCC1NC(=O)C(C)(C)C. The van der Waals surface area contributed by atoms with E-state index in [2.05, 4.69) is 24.5 Å². The normalized spacial score (nSPS) is 26.0. The molecule has 0 aromatic rings. The van der Waals surface area contributed by atoms with Crippen LogP contribution in [0.1, 0.15) is 47.5 Å². The lowest BCUT2D eigenvalue weighted by Gasteiger charge is -2.35. The van der Waals surface area contributed by atoms with Crippen LogP contribution in [0.2, 0.25) is 0 Å². The first kappa shape index (κ1) is 14.5. The highest BCUT2D eigenvalue weighted by Gasteiger charge is 2.30. The Labute approximate surface area is 106 Å². The van der Waals surface area contributed by atoms with E-state index in [1.165, 1.54) is 12.8 Å². The molecule has 1 aliphatic rings. The van der Waals surface area contributed by atoms with Gasteiger partial charge in [0.1, 0.15) is 0 Å². The van der Waals surface area contributed by atoms with Crippen molar-refractivity contribution in [1.82, 2.24) is 10.6 Å². The quantitative estimate of drug-likeness (QED) is 0.794. The molecule has 0 aliphatic carbocycles. The molecule has 0 radical (unpaired) electrons. The van der Waals surface area contributed by atoms with E-state index in [4.69, 9.17) is 0 Å². The summed E-state index contributed by atoms with van der Waals surface area (Å²) in [6.45, 7) is 12.4. The molecule has 3 nitrogen and oxygen atoms in total. The molecule has 0 bridgehead atoms. The summed E-state index contributed by atoms with van der Waals surface area (Å²) in [4.78, 5) is 12.0. The van der Waals surface area contributed by atoms with Gasteiger partial charge in [-0.25, -0.2) is 0 Å². The van der Waals surface area contributed by atoms with E-state index in [0.29, 0.717) is 17.9 Å². The molecule has 0 saturated carbocycles. The predicted molar refractivity (Wildman–Crippen MR) is 71.8 cm³/mol. The fourth-order valence-electron chi connectivity index (χ4n) is 2.35. The second-order valence-electron chi connectivity index (χ2n) is 6.71. The van der Waals surface area contributed by atoms with Crippen molar-refractivity contribution in [3.63, 3.8) is 0 Å². The molecule has 1 amide bonds. The van der Waals surface area contributed by atoms with Crippen LogP contribution in [0.4, 0.5) is 0 Å². The summed E-state index contributed by atoms with van der Waals surface area (Å²) in [5.74, 6) is 1.50. The molecular weight excluding hydrogens is 212 g/mol. The summed E-state index contributed by atoms with van der Waals surface area (Å²) in [5, 5.41) is 6.59. The van der Waals surface area contributed by atoms with Gasteiger partial charge in [-0.15, -0.1) is 0 Å². The predicted octanol–water partition coefficient (Wildman–Crippen LogP) is 2.17. The number of piperidine rings is 1. The van der Waals surface area contributed by atoms with Crippen molar-refractivity contribution in [1.29, 1.82) is 0 Å². The van der Waals surface area contributed by atoms with E-state index in [9.17, 15) is 4.79 Å². The van der Waals surface area contributed by atoms with Crippen molar-refractivity contribution < 1.29 is 4.79 Å². The van der Waals surface area contributed by atoms with Gasteiger partial charge in [0.2, 0.25) is 5.91 Å². The minimum Gasteiger partial charge on any atom is -0.351 e. The third kappa shape index (κ3) is 4.66. The van der Waals surface area contributed by atoms with Crippen molar-refractivity contribution in [2.75, 3.05) is 13.1 Å². The second kappa shape index (κ2) is 5.85.